The van der Waals surface area contributed by atoms with Gasteiger partial charge < -0.3 is 4.90 Å². The third-order valence-electron chi connectivity index (χ3n) is 2.94. The predicted molar refractivity (Wildman–Crippen MR) is 91.1 cm³/mol. The third kappa shape index (κ3) is 3.94. The largest absolute Gasteiger partial charge is 0.308 e. The van der Waals surface area contributed by atoms with E-state index in [0.29, 0.717) is 22.8 Å². The van der Waals surface area contributed by atoms with Crippen LogP contribution in [-0.4, -0.2) is 41.1 Å². The topological polar surface area (TPSA) is 38.1 Å². The van der Waals surface area contributed by atoms with Gasteiger partial charge in [-0.15, -0.1) is 0 Å². The molecule has 0 unspecified atom stereocenters. The fraction of sp³-hybridized carbons (Fsp3) is 0.286. The van der Waals surface area contributed by atoms with Crippen LogP contribution in [0.5, 0.6) is 0 Å². The first-order valence-corrected chi connectivity index (χ1v) is 8.22. The number of benzene rings is 1. The van der Waals surface area contributed by atoms with Crippen molar-refractivity contribution in [2.45, 2.75) is 6.54 Å². The second-order valence-corrected chi connectivity index (χ2v) is 7.00. The number of halogens is 3. The van der Waals surface area contributed by atoms with Gasteiger partial charge in [0, 0.05) is 21.1 Å². The number of nitrogens with zero attached hydrogens (tertiary/aromatic N) is 3. The summed E-state index contributed by atoms with van der Waals surface area (Å²) < 4.78 is 3.22. The molecular formula is C14H14Br2ClN3O. The van der Waals surface area contributed by atoms with Gasteiger partial charge >= 0.3 is 0 Å². The van der Waals surface area contributed by atoms with E-state index in [1.807, 2.05) is 31.1 Å². The zero-order chi connectivity index (χ0) is 15.6. The molecule has 4 nitrogen and oxygen atoms in total. The van der Waals surface area contributed by atoms with Crippen molar-refractivity contribution in [3.05, 3.63) is 49.6 Å². The summed E-state index contributed by atoms with van der Waals surface area (Å²) in [5.74, 6) is -0.149. The highest BCUT2D eigenvalue weighted by atomic mass is 79.9. The molecule has 7 heteroatoms. The lowest BCUT2D eigenvalue weighted by molar-refractivity contribution is 0.102. The lowest BCUT2D eigenvalue weighted by Gasteiger charge is -2.12. The van der Waals surface area contributed by atoms with E-state index in [9.17, 15) is 4.79 Å². The van der Waals surface area contributed by atoms with Crippen LogP contribution in [0, 0.1) is 0 Å². The highest BCUT2D eigenvalue weighted by Gasteiger charge is 2.21. The van der Waals surface area contributed by atoms with Crippen molar-refractivity contribution >= 4 is 49.2 Å². The third-order valence-corrected chi connectivity index (χ3v) is 4.40. The van der Waals surface area contributed by atoms with E-state index < -0.39 is 0 Å². The van der Waals surface area contributed by atoms with Crippen molar-refractivity contribution in [1.29, 1.82) is 0 Å². The summed E-state index contributed by atoms with van der Waals surface area (Å²) >= 11 is 12.9. The Morgan fingerprint density at radius 1 is 1.38 bits per heavy atom. The highest BCUT2D eigenvalue weighted by molar-refractivity contribution is 9.11. The Labute approximate surface area is 145 Å². The molecule has 1 aromatic heterocycles. The SMILES string of the molecule is CN(C)CCn1ncc(Cl)c1C(=O)c1cc(Br)ccc1Br. The lowest BCUT2D eigenvalue weighted by Crippen LogP contribution is -2.22. The average Bonchev–Trinajstić information content (AvgIpc) is 2.79. The Morgan fingerprint density at radius 3 is 2.76 bits per heavy atom. The molecule has 112 valence electrons. The summed E-state index contributed by atoms with van der Waals surface area (Å²) in [7, 11) is 3.94. The summed E-state index contributed by atoms with van der Waals surface area (Å²) in [6, 6.07) is 5.46. The van der Waals surface area contributed by atoms with Gasteiger partial charge in [0.2, 0.25) is 5.78 Å². The average molecular weight is 436 g/mol. The molecule has 0 saturated heterocycles. The number of hydrogen-bond acceptors (Lipinski definition) is 3. The minimum Gasteiger partial charge on any atom is -0.308 e. The van der Waals surface area contributed by atoms with E-state index in [-0.39, 0.29) is 5.78 Å². The maximum atomic E-state index is 12.8. The molecular weight excluding hydrogens is 421 g/mol. The minimum atomic E-state index is -0.149. The first-order chi connectivity index (χ1) is 9.90. The van der Waals surface area contributed by atoms with E-state index in [1.54, 1.807) is 10.7 Å². The second-order valence-electron chi connectivity index (χ2n) is 4.82. The zero-order valence-electron chi connectivity index (χ0n) is 11.6. The van der Waals surface area contributed by atoms with Crippen LogP contribution in [0.4, 0.5) is 0 Å². The van der Waals surface area contributed by atoms with Gasteiger partial charge in [-0.25, -0.2) is 0 Å². The number of aromatic nitrogens is 2. The molecule has 0 aliphatic heterocycles. The number of rotatable bonds is 5. The van der Waals surface area contributed by atoms with Crippen LogP contribution in [0.3, 0.4) is 0 Å². The summed E-state index contributed by atoms with van der Waals surface area (Å²) in [5, 5.41) is 4.56. The van der Waals surface area contributed by atoms with Gasteiger partial charge in [-0.2, -0.15) is 5.10 Å². The monoisotopic (exact) mass is 433 g/mol. The second kappa shape index (κ2) is 7.05. The van der Waals surface area contributed by atoms with Crippen molar-refractivity contribution in [3.8, 4) is 0 Å². The van der Waals surface area contributed by atoms with Crippen molar-refractivity contribution in [2.75, 3.05) is 20.6 Å². The Kier molecular flexibility index (Phi) is 5.60. The van der Waals surface area contributed by atoms with Gasteiger partial charge in [0.25, 0.3) is 0 Å². The van der Waals surface area contributed by atoms with Crippen LogP contribution in [0.1, 0.15) is 16.1 Å². The molecule has 0 radical (unpaired) electrons. The first kappa shape index (κ1) is 16.7. The molecule has 2 aromatic rings. The normalized spacial score (nSPS) is 11.1. The molecule has 0 bridgehead atoms. The summed E-state index contributed by atoms with van der Waals surface area (Å²) in [6.07, 6.45) is 1.51. The maximum absolute atomic E-state index is 12.8. The van der Waals surface area contributed by atoms with Gasteiger partial charge in [0.1, 0.15) is 5.69 Å². The fourth-order valence-corrected chi connectivity index (χ4v) is 2.87. The van der Waals surface area contributed by atoms with Gasteiger partial charge in [0.05, 0.1) is 17.8 Å². The Morgan fingerprint density at radius 2 is 2.10 bits per heavy atom. The summed E-state index contributed by atoms with van der Waals surface area (Å²) in [6.45, 7) is 1.38. The van der Waals surface area contributed by atoms with E-state index >= 15 is 0 Å². The van der Waals surface area contributed by atoms with Crippen molar-refractivity contribution in [2.24, 2.45) is 0 Å². The Balaban J connectivity index is 2.39. The quantitative estimate of drug-likeness (QED) is 0.670. The van der Waals surface area contributed by atoms with Crippen LogP contribution in [0.2, 0.25) is 5.02 Å². The predicted octanol–water partition coefficient (Wildman–Crippen LogP) is 3.85. The lowest BCUT2D eigenvalue weighted by atomic mass is 10.1. The Hall–Kier alpha value is -0.690. The van der Waals surface area contributed by atoms with E-state index in [1.165, 1.54) is 6.20 Å². The smallest absolute Gasteiger partial charge is 0.213 e. The number of hydrogen-bond donors (Lipinski definition) is 0. The molecule has 1 aromatic carbocycles. The van der Waals surface area contributed by atoms with Crippen LogP contribution in [-0.2, 0) is 6.54 Å². The van der Waals surface area contributed by atoms with Crippen molar-refractivity contribution < 1.29 is 4.79 Å². The van der Waals surface area contributed by atoms with Crippen LogP contribution < -0.4 is 0 Å². The van der Waals surface area contributed by atoms with Crippen LogP contribution in [0.25, 0.3) is 0 Å². The van der Waals surface area contributed by atoms with E-state index in [4.69, 9.17) is 11.6 Å². The fourth-order valence-electron chi connectivity index (χ4n) is 1.85. The van der Waals surface area contributed by atoms with Gasteiger partial charge in [-0.1, -0.05) is 43.5 Å². The maximum Gasteiger partial charge on any atom is 0.213 e. The molecule has 0 fully saturated rings. The zero-order valence-corrected chi connectivity index (χ0v) is 15.5. The number of carbonyl (C=O) groups excluding carboxylic acids is 1. The van der Waals surface area contributed by atoms with Crippen molar-refractivity contribution in [1.82, 2.24) is 14.7 Å². The molecule has 0 spiro atoms. The highest BCUT2D eigenvalue weighted by Crippen LogP contribution is 2.26. The number of carbonyl (C=O) groups is 1. The van der Waals surface area contributed by atoms with E-state index in [0.717, 1.165) is 15.5 Å². The minimum absolute atomic E-state index is 0.149. The standard InChI is InChI=1S/C14H14Br2ClN3O/c1-19(2)5-6-20-13(12(17)8-18-20)14(21)10-7-9(15)3-4-11(10)16/h3-4,7-8H,5-6H2,1-2H3. The van der Waals surface area contributed by atoms with Crippen molar-refractivity contribution in [3.63, 3.8) is 0 Å². The molecule has 2 rings (SSSR count). The molecule has 0 atom stereocenters. The summed E-state index contributed by atoms with van der Waals surface area (Å²) in [5.41, 5.74) is 0.968. The number of likely N-dealkylation sites (N-methyl/N-ethyl adjacent to an activating group) is 1. The van der Waals surface area contributed by atoms with Crippen LogP contribution in [0.15, 0.2) is 33.3 Å². The summed E-state index contributed by atoms with van der Waals surface area (Å²) in [4.78, 5) is 14.8. The molecule has 21 heavy (non-hydrogen) atoms. The molecule has 0 N–H and O–H groups in total. The molecule has 0 amide bonds. The first-order valence-electron chi connectivity index (χ1n) is 6.26. The Bertz CT molecular complexity index is 670. The number of ketones is 1. The van der Waals surface area contributed by atoms with Gasteiger partial charge in [-0.05, 0) is 32.3 Å². The van der Waals surface area contributed by atoms with Gasteiger partial charge in [-0.3, -0.25) is 9.48 Å². The van der Waals surface area contributed by atoms with Gasteiger partial charge in [0.15, 0.2) is 0 Å². The van der Waals surface area contributed by atoms with Crippen LogP contribution >= 0.6 is 43.5 Å². The van der Waals surface area contributed by atoms with E-state index in [2.05, 4.69) is 37.0 Å². The molecule has 0 saturated carbocycles. The molecule has 1 heterocycles. The molecule has 0 aliphatic carbocycles. The molecule has 0 aliphatic rings.